The fraction of sp³-hybridized carbons (Fsp3) is 0.538. The lowest BCUT2D eigenvalue weighted by molar-refractivity contribution is 0.930. The summed E-state index contributed by atoms with van der Waals surface area (Å²) in [5.41, 5.74) is 9.48. The van der Waals surface area contributed by atoms with Crippen LogP contribution < -0.4 is 5.73 Å². The van der Waals surface area contributed by atoms with Crippen molar-refractivity contribution in [2.24, 2.45) is 5.73 Å². The number of hydrogen-bond acceptors (Lipinski definition) is 1. The first-order valence-corrected chi connectivity index (χ1v) is 5.25. The minimum Gasteiger partial charge on any atom is -0.330 e. The molecule has 0 heterocycles. The van der Waals surface area contributed by atoms with Crippen molar-refractivity contribution >= 4 is 0 Å². The second kappa shape index (κ2) is 7.57. The maximum atomic E-state index is 5.43. The molecule has 0 saturated carbocycles. The molecule has 0 bridgehead atoms. The van der Waals surface area contributed by atoms with E-state index in [2.05, 4.69) is 39.5 Å². The Morgan fingerprint density at radius 1 is 1.21 bits per heavy atom. The van der Waals surface area contributed by atoms with Crippen molar-refractivity contribution in [3.8, 4) is 0 Å². The summed E-state index contributed by atoms with van der Waals surface area (Å²) in [5, 5.41) is 0. The highest BCUT2D eigenvalue weighted by atomic mass is 14.5. The van der Waals surface area contributed by atoms with Gasteiger partial charge in [0.2, 0.25) is 0 Å². The molecule has 0 fully saturated rings. The lowest BCUT2D eigenvalue weighted by Gasteiger charge is -2.04. The zero-order valence-electron chi connectivity index (χ0n) is 9.77. The van der Waals surface area contributed by atoms with Crippen molar-refractivity contribution in [1.29, 1.82) is 0 Å². The SMILES string of the molecule is C=C(C)CCC(/C=C\CCN)=C(C)C. The molecule has 0 radical (unpaired) electrons. The van der Waals surface area contributed by atoms with Crippen LogP contribution in [-0.4, -0.2) is 6.54 Å². The van der Waals surface area contributed by atoms with E-state index in [0.29, 0.717) is 0 Å². The van der Waals surface area contributed by atoms with Crippen LogP contribution in [0.4, 0.5) is 0 Å². The average Bonchev–Trinajstić information content (AvgIpc) is 2.10. The lowest BCUT2D eigenvalue weighted by atomic mass is 10.0. The molecule has 0 amide bonds. The van der Waals surface area contributed by atoms with Crippen molar-refractivity contribution in [1.82, 2.24) is 0 Å². The first-order valence-electron chi connectivity index (χ1n) is 5.25. The van der Waals surface area contributed by atoms with Crippen molar-refractivity contribution in [3.63, 3.8) is 0 Å². The first-order chi connectivity index (χ1) is 6.57. The van der Waals surface area contributed by atoms with Gasteiger partial charge in [-0.1, -0.05) is 23.3 Å². The standard InChI is InChI=1S/C13H23N/c1-11(2)8-9-13(12(3)4)7-5-6-10-14/h5,7H,1,6,8-10,14H2,2-4H3/b7-5-. The Morgan fingerprint density at radius 2 is 1.86 bits per heavy atom. The van der Waals surface area contributed by atoms with Gasteiger partial charge in [0, 0.05) is 0 Å². The van der Waals surface area contributed by atoms with Crippen LogP contribution in [0.25, 0.3) is 0 Å². The van der Waals surface area contributed by atoms with Crippen LogP contribution in [0.15, 0.2) is 35.5 Å². The molecular weight excluding hydrogens is 170 g/mol. The molecule has 0 saturated heterocycles. The molecular formula is C13H23N. The fourth-order valence-corrected chi connectivity index (χ4v) is 1.17. The molecule has 80 valence electrons. The number of nitrogens with two attached hydrogens (primary N) is 1. The Hall–Kier alpha value is -0.820. The largest absolute Gasteiger partial charge is 0.330 e. The van der Waals surface area contributed by atoms with Gasteiger partial charge in [-0.15, -0.1) is 6.58 Å². The quantitative estimate of drug-likeness (QED) is 0.506. The molecule has 0 aromatic rings. The van der Waals surface area contributed by atoms with Crippen LogP contribution in [-0.2, 0) is 0 Å². The molecule has 1 nitrogen and oxygen atoms in total. The molecule has 14 heavy (non-hydrogen) atoms. The van der Waals surface area contributed by atoms with Gasteiger partial charge in [0.05, 0.1) is 0 Å². The summed E-state index contributed by atoms with van der Waals surface area (Å²) in [6.45, 7) is 11.0. The maximum absolute atomic E-state index is 5.43. The highest BCUT2D eigenvalue weighted by Gasteiger charge is 1.95. The molecule has 0 aromatic heterocycles. The zero-order valence-corrected chi connectivity index (χ0v) is 9.77. The van der Waals surface area contributed by atoms with E-state index in [1.54, 1.807) is 0 Å². The first kappa shape index (κ1) is 13.2. The summed E-state index contributed by atoms with van der Waals surface area (Å²) >= 11 is 0. The van der Waals surface area contributed by atoms with Gasteiger partial charge < -0.3 is 5.73 Å². The number of allylic oxidation sites excluding steroid dienone is 4. The molecule has 0 aliphatic carbocycles. The highest BCUT2D eigenvalue weighted by Crippen LogP contribution is 2.15. The van der Waals surface area contributed by atoms with Crippen LogP contribution in [0, 0.1) is 0 Å². The van der Waals surface area contributed by atoms with Gasteiger partial charge in [-0.2, -0.15) is 0 Å². The second-order valence-corrected chi connectivity index (χ2v) is 3.96. The minimum atomic E-state index is 0.729. The lowest BCUT2D eigenvalue weighted by Crippen LogP contribution is -1.95. The molecule has 0 aliphatic rings. The number of hydrogen-bond donors (Lipinski definition) is 1. The fourth-order valence-electron chi connectivity index (χ4n) is 1.17. The van der Waals surface area contributed by atoms with Crippen molar-refractivity contribution in [2.75, 3.05) is 6.54 Å². The van der Waals surface area contributed by atoms with Crippen LogP contribution in [0.2, 0.25) is 0 Å². The van der Waals surface area contributed by atoms with Crippen LogP contribution in [0.1, 0.15) is 40.0 Å². The molecule has 0 unspecified atom stereocenters. The Kier molecular flexibility index (Phi) is 7.13. The molecule has 0 aromatic carbocycles. The van der Waals surface area contributed by atoms with Gasteiger partial charge >= 0.3 is 0 Å². The van der Waals surface area contributed by atoms with E-state index in [0.717, 1.165) is 25.8 Å². The molecule has 2 N–H and O–H groups in total. The Bertz CT molecular complexity index is 230. The van der Waals surface area contributed by atoms with E-state index in [1.807, 2.05) is 0 Å². The van der Waals surface area contributed by atoms with Crippen LogP contribution >= 0.6 is 0 Å². The number of rotatable bonds is 6. The molecule has 0 aliphatic heterocycles. The summed E-state index contributed by atoms with van der Waals surface area (Å²) in [6, 6.07) is 0. The van der Waals surface area contributed by atoms with E-state index in [4.69, 9.17) is 5.73 Å². The molecule has 1 heteroatoms. The second-order valence-electron chi connectivity index (χ2n) is 3.96. The predicted octanol–water partition coefficient (Wildman–Crippen LogP) is 3.58. The zero-order chi connectivity index (χ0) is 11.0. The average molecular weight is 193 g/mol. The van der Waals surface area contributed by atoms with Gasteiger partial charge in [0.15, 0.2) is 0 Å². The normalized spacial score (nSPS) is 10.6. The van der Waals surface area contributed by atoms with Gasteiger partial charge in [0.1, 0.15) is 0 Å². The van der Waals surface area contributed by atoms with Crippen molar-refractivity contribution < 1.29 is 0 Å². The van der Waals surface area contributed by atoms with Crippen LogP contribution in [0.5, 0.6) is 0 Å². The van der Waals surface area contributed by atoms with Crippen molar-refractivity contribution in [2.45, 2.75) is 40.0 Å². The minimum absolute atomic E-state index is 0.729. The van der Waals surface area contributed by atoms with E-state index in [-0.39, 0.29) is 0 Å². The Balaban J connectivity index is 4.19. The summed E-state index contributed by atoms with van der Waals surface area (Å²) in [6.07, 6.45) is 7.49. The molecule has 0 atom stereocenters. The Labute approximate surface area is 88.4 Å². The monoisotopic (exact) mass is 193 g/mol. The summed E-state index contributed by atoms with van der Waals surface area (Å²) in [4.78, 5) is 0. The summed E-state index contributed by atoms with van der Waals surface area (Å²) < 4.78 is 0. The van der Waals surface area contributed by atoms with Gasteiger partial charge in [0.25, 0.3) is 0 Å². The smallest absolute Gasteiger partial charge is 0.00425 e. The van der Waals surface area contributed by atoms with Gasteiger partial charge in [-0.3, -0.25) is 0 Å². The Morgan fingerprint density at radius 3 is 2.29 bits per heavy atom. The highest BCUT2D eigenvalue weighted by molar-refractivity contribution is 5.24. The van der Waals surface area contributed by atoms with Crippen LogP contribution in [0.3, 0.4) is 0 Å². The van der Waals surface area contributed by atoms with E-state index in [9.17, 15) is 0 Å². The molecule has 0 rings (SSSR count). The van der Waals surface area contributed by atoms with E-state index < -0.39 is 0 Å². The van der Waals surface area contributed by atoms with E-state index in [1.165, 1.54) is 16.7 Å². The third-order valence-electron chi connectivity index (χ3n) is 2.12. The van der Waals surface area contributed by atoms with Gasteiger partial charge in [-0.25, -0.2) is 0 Å². The maximum Gasteiger partial charge on any atom is -0.00425 e. The molecule has 0 spiro atoms. The third-order valence-corrected chi connectivity index (χ3v) is 2.12. The summed E-state index contributed by atoms with van der Waals surface area (Å²) in [7, 11) is 0. The van der Waals surface area contributed by atoms with Crippen molar-refractivity contribution in [3.05, 3.63) is 35.5 Å². The summed E-state index contributed by atoms with van der Waals surface area (Å²) in [5.74, 6) is 0. The predicted molar refractivity (Wildman–Crippen MR) is 65.2 cm³/mol. The third kappa shape index (κ3) is 6.67. The topological polar surface area (TPSA) is 26.0 Å². The van der Waals surface area contributed by atoms with Gasteiger partial charge in [-0.05, 0) is 52.2 Å². The van der Waals surface area contributed by atoms with E-state index >= 15 is 0 Å².